The van der Waals surface area contributed by atoms with Crippen molar-refractivity contribution in [1.82, 2.24) is 0 Å². The van der Waals surface area contributed by atoms with Crippen LogP contribution in [0.1, 0.15) is 23.3 Å². The Balaban J connectivity index is 2.09. The predicted molar refractivity (Wildman–Crippen MR) is 67.1 cm³/mol. The Hall–Kier alpha value is -1.86. The van der Waals surface area contributed by atoms with Crippen LogP contribution in [0.4, 0.5) is 0 Å². The molecule has 0 bridgehead atoms. The van der Waals surface area contributed by atoms with Gasteiger partial charge in [0.05, 0.1) is 0 Å². The van der Waals surface area contributed by atoms with Gasteiger partial charge in [0, 0.05) is 16.5 Å². The SMILES string of the molecule is OC1Oc2ccc3ccc4c(c3c2C1O)C(O)C(O)O4. The fourth-order valence-electron chi connectivity index (χ4n) is 2.90. The van der Waals surface area contributed by atoms with Crippen LogP contribution in [-0.4, -0.2) is 33.0 Å². The largest absolute Gasteiger partial charge is 0.462 e. The molecular formula is C14H12O6. The van der Waals surface area contributed by atoms with E-state index in [0.29, 0.717) is 28.0 Å². The predicted octanol–water partition coefficient (Wildman–Crippen LogP) is 0.328. The number of hydrogen-bond donors (Lipinski definition) is 4. The van der Waals surface area contributed by atoms with Gasteiger partial charge in [0.1, 0.15) is 23.7 Å². The van der Waals surface area contributed by atoms with Gasteiger partial charge in [0.15, 0.2) is 0 Å². The molecule has 6 heteroatoms. The summed E-state index contributed by atoms with van der Waals surface area (Å²) < 4.78 is 10.3. The Labute approximate surface area is 113 Å². The molecule has 0 spiro atoms. The zero-order valence-electron chi connectivity index (χ0n) is 10.2. The fourth-order valence-corrected chi connectivity index (χ4v) is 2.90. The molecule has 4 unspecified atom stereocenters. The fraction of sp³-hybridized carbons (Fsp3) is 0.286. The second-order valence-electron chi connectivity index (χ2n) is 4.96. The molecule has 0 saturated carbocycles. The third-order valence-electron chi connectivity index (χ3n) is 3.81. The lowest BCUT2D eigenvalue weighted by Crippen LogP contribution is -2.17. The van der Waals surface area contributed by atoms with Crippen molar-refractivity contribution in [3.05, 3.63) is 35.4 Å². The first kappa shape index (κ1) is 11.9. The standard InChI is InChI=1S/C14H12O6/c15-11-9-6(19-13(11)17)3-1-5-2-4-7-10(8(5)9)12(16)14(18)20-7/h1-4,11-18H. The summed E-state index contributed by atoms with van der Waals surface area (Å²) in [5.74, 6) is 0.721. The highest BCUT2D eigenvalue weighted by Crippen LogP contribution is 2.48. The third-order valence-corrected chi connectivity index (χ3v) is 3.81. The molecule has 4 N–H and O–H groups in total. The van der Waals surface area contributed by atoms with Gasteiger partial charge in [-0.25, -0.2) is 0 Å². The van der Waals surface area contributed by atoms with Gasteiger partial charge in [0.2, 0.25) is 12.6 Å². The normalized spacial score (nSPS) is 30.8. The number of ether oxygens (including phenoxy) is 2. The Kier molecular flexibility index (Phi) is 2.28. The average molecular weight is 276 g/mol. The number of fused-ring (bicyclic) bond motifs is 5. The molecule has 0 aromatic heterocycles. The molecular weight excluding hydrogens is 264 g/mol. The topological polar surface area (TPSA) is 99.4 Å². The molecule has 2 aromatic rings. The van der Waals surface area contributed by atoms with Crippen molar-refractivity contribution < 1.29 is 29.9 Å². The summed E-state index contributed by atoms with van der Waals surface area (Å²) in [6.07, 6.45) is -5.08. The van der Waals surface area contributed by atoms with Gasteiger partial charge < -0.3 is 29.9 Å². The molecule has 2 aliphatic rings. The molecule has 0 radical (unpaired) electrons. The van der Waals surface area contributed by atoms with Crippen LogP contribution >= 0.6 is 0 Å². The Morgan fingerprint density at radius 1 is 0.700 bits per heavy atom. The molecule has 0 amide bonds. The van der Waals surface area contributed by atoms with Gasteiger partial charge in [-0.1, -0.05) is 12.1 Å². The molecule has 0 fully saturated rings. The second kappa shape index (κ2) is 3.83. The van der Waals surface area contributed by atoms with E-state index in [2.05, 4.69) is 0 Å². The number of rotatable bonds is 0. The minimum atomic E-state index is -1.34. The van der Waals surface area contributed by atoms with E-state index in [9.17, 15) is 20.4 Å². The van der Waals surface area contributed by atoms with Crippen molar-refractivity contribution in [2.45, 2.75) is 24.8 Å². The maximum atomic E-state index is 10.1. The summed E-state index contributed by atoms with van der Waals surface area (Å²) in [5, 5.41) is 40.7. The van der Waals surface area contributed by atoms with Crippen molar-refractivity contribution in [2.75, 3.05) is 0 Å². The maximum Gasteiger partial charge on any atom is 0.228 e. The van der Waals surface area contributed by atoms with Gasteiger partial charge in [-0.3, -0.25) is 0 Å². The monoisotopic (exact) mass is 276 g/mol. The third kappa shape index (κ3) is 1.36. The lowest BCUT2D eigenvalue weighted by molar-refractivity contribution is -0.0833. The summed E-state index contributed by atoms with van der Waals surface area (Å²) in [4.78, 5) is 0. The van der Waals surface area contributed by atoms with Crippen LogP contribution < -0.4 is 9.47 Å². The summed E-state index contributed by atoms with van der Waals surface area (Å²) >= 11 is 0. The molecule has 0 aliphatic carbocycles. The van der Waals surface area contributed by atoms with Crippen LogP contribution in [0.5, 0.6) is 11.5 Å². The molecule has 20 heavy (non-hydrogen) atoms. The summed E-state index contributed by atoms with van der Waals surface area (Å²) in [7, 11) is 0. The highest BCUT2D eigenvalue weighted by molar-refractivity contribution is 5.94. The van der Waals surface area contributed by atoms with Gasteiger partial charge in [0.25, 0.3) is 0 Å². The molecule has 2 heterocycles. The van der Waals surface area contributed by atoms with Crippen LogP contribution in [0.25, 0.3) is 10.8 Å². The second-order valence-corrected chi connectivity index (χ2v) is 4.96. The van der Waals surface area contributed by atoms with Crippen molar-refractivity contribution in [1.29, 1.82) is 0 Å². The van der Waals surface area contributed by atoms with E-state index >= 15 is 0 Å². The van der Waals surface area contributed by atoms with Crippen molar-refractivity contribution in [2.24, 2.45) is 0 Å². The number of hydrogen-bond acceptors (Lipinski definition) is 6. The zero-order valence-corrected chi connectivity index (χ0v) is 10.2. The van der Waals surface area contributed by atoms with Gasteiger partial charge in [-0.05, 0) is 17.5 Å². The van der Waals surface area contributed by atoms with Gasteiger partial charge in [-0.15, -0.1) is 0 Å². The minimum absolute atomic E-state index is 0.361. The zero-order chi connectivity index (χ0) is 14.0. The molecule has 2 aliphatic heterocycles. The first-order valence-corrected chi connectivity index (χ1v) is 6.23. The quantitative estimate of drug-likeness (QED) is 0.553. The molecule has 6 nitrogen and oxygen atoms in total. The summed E-state index contributed by atoms with van der Waals surface area (Å²) in [6, 6.07) is 6.83. The number of aliphatic hydroxyl groups is 4. The van der Waals surface area contributed by atoms with Crippen LogP contribution in [-0.2, 0) is 0 Å². The van der Waals surface area contributed by atoms with Crippen molar-refractivity contribution in [3.63, 3.8) is 0 Å². The van der Waals surface area contributed by atoms with Gasteiger partial charge >= 0.3 is 0 Å². The van der Waals surface area contributed by atoms with E-state index in [1.807, 2.05) is 0 Å². The first-order valence-electron chi connectivity index (χ1n) is 6.23. The molecule has 104 valence electrons. The van der Waals surface area contributed by atoms with E-state index < -0.39 is 24.8 Å². The van der Waals surface area contributed by atoms with Gasteiger partial charge in [-0.2, -0.15) is 0 Å². The smallest absolute Gasteiger partial charge is 0.228 e. The molecule has 0 saturated heterocycles. The Morgan fingerprint density at radius 3 is 1.60 bits per heavy atom. The van der Waals surface area contributed by atoms with Crippen molar-refractivity contribution in [3.8, 4) is 11.5 Å². The van der Waals surface area contributed by atoms with E-state index in [0.717, 1.165) is 5.39 Å². The lowest BCUT2D eigenvalue weighted by Gasteiger charge is -2.12. The highest BCUT2D eigenvalue weighted by atomic mass is 16.6. The first-order chi connectivity index (χ1) is 9.58. The average Bonchev–Trinajstić information content (AvgIpc) is 2.88. The molecule has 2 aromatic carbocycles. The lowest BCUT2D eigenvalue weighted by atomic mass is 9.93. The van der Waals surface area contributed by atoms with Crippen LogP contribution in [0, 0.1) is 0 Å². The molecule has 4 rings (SSSR count). The van der Waals surface area contributed by atoms with E-state index in [1.165, 1.54) is 0 Å². The molecule has 4 atom stereocenters. The Morgan fingerprint density at radius 2 is 1.15 bits per heavy atom. The van der Waals surface area contributed by atoms with E-state index in [4.69, 9.17) is 9.47 Å². The maximum absolute atomic E-state index is 10.1. The van der Waals surface area contributed by atoms with E-state index in [1.54, 1.807) is 24.3 Å². The van der Waals surface area contributed by atoms with Crippen LogP contribution in [0.2, 0.25) is 0 Å². The van der Waals surface area contributed by atoms with Crippen LogP contribution in [0.3, 0.4) is 0 Å². The van der Waals surface area contributed by atoms with Crippen molar-refractivity contribution >= 4 is 10.8 Å². The van der Waals surface area contributed by atoms with E-state index in [-0.39, 0.29) is 0 Å². The minimum Gasteiger partial charge on any atom is -0.462 e. The highest BCUT2D eigenvalue weighted by Gasteiger charge is 2.39. The Bertz CT molecular complexity index is 656. The van der Waals surface area contributed by atoms with Crippen LogP contribution in [0.15, 0.2) is 24.3 Å². The number of aliphatic hydroxyl groups excluding tert-OH is 4. The number of benzene rings is 2. The summed E-state index contributed by atoms with van der Waals surface area (Å²) in [5.41, 5.74) is 0.812. The summed E-state index contributed by atoms with van der Waals surface area (Å²) in [6.45, 7) is 0.